The second-order valence-corrected chi connectivity index (χ2v) is 9.34. The molecule has 31 heavy (non-hydrogen) atoms. The Morgan fingerprint density at radius 1 is 1.26 bits per heavy atom. The lowest BCUT2D eigenvalue weighted by Gasteiger charge is -2.32. The first-order chi connectivity index (χ1) is 14.9. The zero-order valence-electron chi connectivity index (χ0n) is 17.2. The molecular formula is C22H26N4O4S. The number of nitrogens with zero attached hydrogens (tertiary/aromatic N) is 2. The molecule has 0 radical (unpaired) electrons. The van der Waals surface area contributed by atoms with E-state index < -0.39 is 10.0 Å². The van der Waals surface area contributed by atoms with E-state index in [1.807, 2.05) is 12.1 Å². The number of piperidine rings is 1. The van der Waals surface area contributed by atoms with Crippen molar-refractivity contribution in [2.45, 2.75) is 24.3 Å². The number of carbonyl (C=O) groups is 1. The highest BCUT2D eigenvalue weighted by atomic mass is 32.2. The highest BCUT2D eigenvalue weighted by Gasteiger charge is 2.25. The van der Waals surface area contributed by atoms with Gasteiger partial charge in [-0.25, -0.2) is 13.1 Å². The molecule has 8 nitrogen and oxygen atoms in total. The van der Waals surface area contributed by atoms with E-state index in [-0.39, 0.29) is 23.3 Å². The minimum atomic E-state index is -3.80. The van der Waals surface area contributed by atoms with Crippen LogP contribution in [0.2, 0.25) is 0 Å². The van der Waals surface area contributed by atoms with E-state index in [1.165, 1.54) is 12.1 Å². The molecular weight excluding hydrogens is 416 g/mol. The molecule has 1 saturated heterocycles. The summed E-state index contributed by atoms with van der Waals surface area (Å²) >= 11 is 0. The number of nitrogens with one attached hydrogen (secondary N) is 1. The van der Waals surface area contributed by atoms with Crippen molar-refractivity contribution < 1.29 is 17.9 Å². The van der Waals surface area contributed by atoms with Crippen molar-refractivity contribution in [3.05, 3.63) is 59.7 Å². The molecule has 1 unspecified atom stereocenters. The number of nitriles is 1. The topological polar surface area (TPSA) is 126 Å². The number of ether oxygens (including phenoxy) is 1. The predicted octanol–water partition coefficient (Wildman–Crippen LogP) is 1.87. The maximum absolute atomic E-state index is 12.6. The van der Waals surface area contributed by atoms with Crippen LogP contribution in [-0.4, -0.2) is 45.5 Å². The predicted molar refractivity (Wildman–Crippen MR) is 116 cm³/mol. The van der Waals surface area contributed by atoms with Gasteiger partial charge in [0.1, 0.15) is 0 Å². The standard InChI is InChI=1S/C22H26N4O4S/c23-12-17-6-8-18(9-7-17)15-30-16-19-3-2-10-26(14-19)22(27)13-25-31(28,29)21-5-1-4-20(24)11-21/h1,4-9,11,19,25H,2-3,10,13-16,24H2. The van der Waals surface area contributed by atoms with Crippen molar-refractivity contribution in [2.75, 3.05) is 32.0 Å². The van der Waals surface area contributed by atoms with Crippen LogP contribution in [0.3, 0.4) is 0 Å². The van der Waals surface area contributed by atoms with Crippen molar-refractivity contribution in [3.8, 4) is 6.07 Å². The number of rotatable bonds is 8. The highest BCUT2D eigenvalue weighted by molar-refractivity contribution is 7.89. The summed E-state index contributed by atoms with van der Waals surface area (Å²) in [5.41, 5.74) is 7.58. The first kappa shape index (κ1) is 22.7. The molecule has 0 aliphatic carbocycles. The summed E-state index contributed by atoms with van der Waals surface area (Å²) in [6.45, 7) is 1.79. The van der Waals surface area contributed by atoms with Gasteiger partial charge in [0.05, 0.1) is 36.3 Å². The second-order valence-electron chi connectivity index (χ2n) is 7.57. The molecule has 0 saturated carbocycles. The fourth-order valence-corrected chi connectivity index (χ4v) is 4.51. The number of carbonyl (C=O) groups excluding carboxylic acids is 1. The van der Waals surface area contributed by atoms with Crippen molar-refractivity contribution in [1.29, 1.82) is 5.26 Å². The number of nitrogen functional groups attached to an aromatic ring is 1. The van der Waals surface area contributed by atoms with Gasteiger partial charge in [0.15, 0.2) is 0 Å². The lowest BCUT2D eigenvalue weighted by molar-refractivity contribution is -0.132. The first-order valence-electron chi connectivity index (χ1n) is 10.1. The van der Waals surface area contributed by atoms with Crippen LogP contribution in [0, 0.1) is 17.2 Å². The minimum absolute atomic E-state index is 0.0352. The van der Waals surface area contributed by atoms with E-state index in [0.29, 0.717) is 37.6 Å². The van der Waals surface area contributed by atoms with Gasteiger partial charge in [-0.05, 0) is 54.7 Å². The van der Waals surface area contributed by atoms with E-state index in [9.17, 15) is 13.2 Å². The number of nitrogens with two attached hydrogens (primary N) is 1. The fourth-order valence-electron chi connectivity index (χ4n) is 3.48. The van der Waals surface area contributed by atoms with Crippen LogP contribution in [0.15, 0.2) is 53.4 Å². The number of anilines is 1. The average Bonchev–Trinajstić information content (AvgIpc) is 2.78. The Kier molecular flexibility index (Phi) is 7.63. The molecule has 3 rings (SSSR count). The number of hydrogen-bond acceptors (Lipinski definition) is 6. The Labute approximate surface area is 182 Å². The molecule has 1 amide bonds. The van der Waals surface area contributed by atoms with Crippen LogP contribution < -0.4 is 10.5 Å². The van der Waals surface area contributed by atoms with Gasteiger partial charge in [0, 0.05) is 18.8 Å². The molecule has 3 N–H and O–H groups in total. The number of sulfonamides is 1. The summed E-state index contributed by atoms with van der Waals surface area (Å²) in [4.78, 5) is 14.3. The van der Waals surface area contributed by atoms with E-state index >= 15 is 0 Å². The molecule has 2 aromatic carbocycles. The fraction of sp³-hybridized carbons (Fsp3) is 0.364. The largest absolute Gasteiger partial charge is 0.399 e. The summed E-state index contributed by atoms with van der Waals surface area (Å²) in [5, 5.41) is 8.84. The number of likely N-dealkylation sites (tertiary alicyclic amines) is 1. The summed E-state index contributed by atoms with van der Waals surface area (Å²) in [6.07, 6.45) is 1.80. The van der Waals surface area contributed by atoms with Gasteiger partial charge < -0.3 is 15.4 Å². The van der Waals surface area contributed by atoms with Gasteiger partial charge in [0.2, 0.25) is 15.9 Å². The third-order valence-corrected chi connectivity index (χ3v) is 6.56. The van der Waals surface area contributed by atoms with Crippen LogP contribution in [0.4, 0.5) is 5.69 Å². The number of benzene rings is 2. The zero-order chi connectivity index (χ0) is 22.3. The highest BCUT2D eigenvalue weighted by Crippen LogP contribution is 2.18. The minimum Gasteiger partial charge on any atom is -0.399 e. The van der Waals surface area contributed by atoms with Crippen LogP contribution in [0.5, 0.6) is 0 Å². The normalized spacial score (nSPS) is 16.6. The van der Waals surface area contributed by atoms with Gasteiger partial charge >= 0.3 is 0 Å². The smallest absolute Gasteiger partial charge is 0.241 e. The Morgan fingerprint density at radius 3 is 2.74 bits per heavy atom. The molecule has 9 heteroatoms. The maximum Gasteiger partial charge on any atom is 0.241 e. The molecule has 1 aliphatic heterocycles. The molecule has 2 aromatic rings. The lowest BCUT2D eigenvalue weighted by Crippen LogP contribution is -2.45. The molecule has 164 valence electrons. The Morgan fingerprint density at radius 2 is 2.03 bits per heavy atom. The van der Waals surface area contributed by atoms with Gasteiger partial charge in [-0.1, -0.05) is 18.2 Å². The van der Waals surface area contributed by atoms with E-state index in [1.54, 1.807) is 29.2 Å². The molecule has 1 aliphatic rings. The molecule has 1 atom stereocenters. The maximum atomic E-state index is 12.6. The van der Waals surface area contributed by atoms with Crippen molar-refractivity contribution in [2.24, 2.45) is 5.92 Å². The number of amides is 1. The van der Waals surface area contributed by atoms with Gasteiger partial charge in [-0.3, -0.25) is 4.79 Å². The van der Waals surface area contributed by atoms with Gasteiger partial charge in [0.25, 0.3) is 0 Å². The quantitative estimate of drug-likeness (QED) is 0.601. The lowest BCUT2D eigenvalue weighted by atomic mass is 9.99. The number of hydrogen-bond donors (Lipinski definition) is 2. The molecule has 0 aromatic heterocycles. The molecule has 0 bridgehead atoms. The van der Waals surface area contributed by atoms with Gasteiger partial charge in [-0.15, -0.1) is 0 Å². The van der Waals surface area contributed by atoms with Crippen LogP contribution in [0.25, 0.3) is 0 Å². The third-order valence-electron chi connectivity index (χ3n) is 5.16. The van der Waals surface area contributed by atoms with Gasteiger partial charge in [-0.2, -0.15) is 5.26 Å². The van der Waals surface area contributed by atoms with Crippen LogP contribution >= 0.6 is 0 Å². The summed E-state index contributed by atoms with van der Waals surface area (Å²) in [7, 11) is -3.80. The van der Waals surface area contributed by atoms with Crippen molar-refractivity contribution in [1.82, 2.24) is 9.62 Å². The van der Waals surface area contributed by atoms with Crippen molar-refractivity contribution in [3.63, 3.8) is 0 Å². The summed E-state index contributed by atoms with van der Waals surface area (Å²) in [5.74, 6) is -0.0640. The average molecular weight is 443 g/mol. The van der Waals surface area contributed by atoms with Crippen molar-refractivity contribution >= 4 is 21.6 Å². The molecule has 1 fully saturated rings. The van der Waals surface area contributed by atoms with E-state index in [2.05, 4.69) is 10.8 Å². The van der Waals surface area contributed by atoms with E-state index in [4.69, 9.17) is 15.7 Å². The zero-order valence-corrected chi connectivity index (χ0v) is 18.0. The summed E-state index contributed by atoms with van der Waals surface area (Å²) < 4.78 is 32.9. The Bertz CT molecular complexity index is 1050. The second kappa shape index (κ2) is 10.4. The molecule has 1 heterocycles. The van der Waals surface area contributed by atoms with E-state index in [0.717, 1.165) is 18.4 Å². The molecule has 0 spiro atoms. The SMILES string of the molecule is N#Cc1ccc(COCC2CCCN(C(=O)CNS(=O)(=O)c3cccc(N)c3)C2)cc1. The Hall–Kier alpha value is -2.93. The third kappa shape index (κ3) is 6.52. The summed E-state index contributed by atoms with van der Waals surface area (Å²) in [6, 6.07) is 15.3. The monoisotopic (exact) mass is 442 g/mol. The first-order valence-corrected chi connectivity index (χ1v) is 11.6. The van der Waals surface area contributed by atoms with Crippen LogP contribution in [-0.2, 0) is 26.2 Å². The van der Waals surface area contributed by atoms with Crippen LogP contribution in [0.1, 0.15) is 24.0 Å². The Balaban J connectivity index is 1.46.